The van der Waals surface area contributed by atoms with Crippen LogP contribution in [0.25, 0.3) is 22.2 Å². The van der Waals surface area contributed by atoms with E-state index in [1.807, 2.05) is 36.9 Å². The van der Waals surface area contributed by atoms with Crippen LogP contribution < -0.4 is 9.47 Å². The molecule has 6 nitrogen and oxygen atoms in total. The molecule has 0 fully saturated rings. The molecule has 0 atom stereocenters. The van der Waals surface area contributed by atoms with E-state index in [1.165, 1.54) is 10.2 Å². The topological polar surface area (TPSA) is 62.5 Å². The maximum Gasteiger partial charge on any atom is 0.268 e. The minimum absolute atomic E-state index is 0.186. The van der Waals surface area contributed by atoms with E-state index in [4.69, 9.17) is 32.7 Å². The number of nitrogens with zero attached hydrogens (tertiary/aromatic N) is 2. The highest BCUT2D eigenvalue weighted by atomic mass is 35.5. The van der Waals surface area contributed by atoms with Crippen molar-refractivity contribution in [3.8, 4) is 22.8 Å². The number of fused-ring (bicyclic) bond motifs is 1. The van der Waals surface area contributed by atoms with Crippen LogP contribution in [0.15, 0.2) is 59.8 Å². The van der Waals surface area contributed by atoms with Crippen molar-refractivity contribution < 1.29 is 17.9 Å². The van der Waals surface area contributed by atoms with Crippen LogP contribution in [-0.2, 0) is 17.1 Å². The Morgan fingerprint density at radius 3 is 2.41 bits per heavy atom. The van der Waals surface area contributed by atoms with Gasteiger partial charge in [0.2, 0.25) is 0 Å². The number of alkyl halides is 1. The molecule has 32 heavy (non-hydrogen) atoms. The van der Waals surface area contributed by atoms with E-state index in [-0.39, 0.29) is 4.90 Å². The molecule has 0 saturated heterocycles. The van der Waals surface area contributed by atoms with Crippen molar-refractivity contribution in [2.45, 2.75) is 11.8 Å². The highest BCUT2D eigenvalue weighted by molar-refractivity contribution is 7.90. The van der Waals surface area contributed by atoms with Crippen molar-refractivity contribution in [2.24, 2.45) is 7.05 Å². The van der Waals surface area contributed by atoms with Crippen LogP contribution in [0.2, 0.25) is 5.02 Å². The number of ether oxygens (including phenoxy) is 2. The average molecular weight is 493 g/mol. The second-order valence-corrected chi connectivity index (χ2v) is 10.00. The highest BCUT2D eigenvalue weighted by Gasteiger charge is 2.24. The van der Waals surface area contributed by atoms with E-state index in [9.17, 15) is 8.42 Å². The van der Waals surface area contributed by atoms with Gasteiger partial charge in [0.1, 0.15) is 6.61 Å². The molecule has 4 rings (SSSR count). The van der Waals surface area contributed by atoms with Crippen LogP contribution in [0.4, 0.5) is 0 Å². The molecule has 0 spiro atoms. The molecule has 0 radical (unpaired) electrons. The number of aryl methyl sites for hydroxylation is 2. The molecule has 2 aromatic carbocycles. The summed E-state index contributed by atoms with van der Waals surface area (Å²) in [4.78, 5) is 0.186. The standard InChI is InChI=1S/C23H22Cl2N2O4S/c1-15-4-6-17(7-5-15)32(28,29)27-13-16(25)10-21(27)19-14-26(2)20-12-23(31-9-8-24)22(30-3)11-18(19)20/h4-7,10-14H,8-9H2,1-3H3. The second kappa shape index (κ2) is 8.73. The van der Waals surface area contributed by atoms with Gasteiger partial charge in [-0.25, -0.2) is 12.4 Å². The Morgan fingerprint density at radius 1 is 1.03 bits per heavy atom. The summed E-state index contributed by atoms with van der Waals surface area (Å²) in [6.07, 6.45) is 3.28. The summed E-state index contributed by atoms with van der Waals surface area (Å²) >= 11 is 12.0. The van der Waals surface area contributed by atoms with E-state index >= 15 is 0 Å². The van der Waals surface area contributed by atoms with Crippen LogP contribution in [0.1, 0.15) is 5.56 Å². The summed E-state index contributed by atoms with van der Waals surface area (Å²) < 4.78 is 41.2. The summed E-state index contributed by atoms with van der Waals surface area (Å²) in [5.41, 5.74) is 2.98. The van der Waals surface area contributed by atoms with Crippen LogP contribution >= 0.6 is 23.2 Å². The van der Waals surface area contributed by atoms with Crippen molar-refractivity contribution in [1.82, 2.24) is 8.54 Å². The molecule has 2 aromatic heterocycles. The minimum Gasteiger partial charge on any atom is -0.493 e. The monoisotopic (exact) mass is 492 g/mol. The van der Waals surface area contributed by atoms with Gasteiger partial charge in [0, 0.05) is 36.5 Å². The Labute approximate surface area is 196 Å². The maximum absolute atomic E-state index is 13.4. The maximum atomic E-state index is 13.4. The fourth-order valence-electron chi connectivity index (χ4n) is 3.65. The number of hydrogen-bond donors (Lipinski definition) is 0. The van der Waals surface area contributed by atoms with Crippen LogP contribution in [0, 0.1) is 6.92 Å². The van der Waals surface area contributed by atoms with Gasteiger partial charge in [-0.15, -0.1) is 11.6 Å². The van der Waals surface area contributed by atoms with Crippen molar-refractivity contribution in [2.75, 3.05) is 19.6 Å². The van der Waals surface area contributed by atoms with Crippen LogP contribution in [0.3, 0.4) is 0 Å². The molecule has 0 aliphatic carbocycles. The Hall–Kier alpha value is -2.61. The first-order valence-corrected chi connectivity index (χ1v) is 12.2. The molecule has 0 aliphatic heterocycles. The lowest BCUT2D eigenvalue weighted by Gasteiger charge is -2.12. The van der Waals surface area contributed by atoms with Crippen LogP contribution in [-0.4, -0.2) is 36.6 Å². The third-order valence-corrected chi connectivity index (χ3v) is 7.26. The first kappa shape index (κ1) is 22.6. The van der Waals surface area contributed by atoms with Crippen molar-refractivity contribution in [1.29, 1.82) is 0 Å². The predicted octanol–water partition coefficient (Wildman–Crippen LogP) is 5.47. The molecule has 0 unspecified atom stereocenters. The lowest BCUT2D eigenvalue weighted by atomic mass is 10.1. The quantitative estimate of drug-likeness (QED) is 0.320. The highest BCUT2D eigenvalue weighted by Crippen LogP contribution is 2.40. The summed E-state index contributed by atoms with van der Waals surface area (Å²) in [6.45, 7) is 2.25. The van der Waals surface area contributed by atoms with Gasteiger partial charge in [0.25, 0.3) is 10.0 Å². The molecule has 2 heterocycles. The Kier molecular flexibility index (Phi) is 6.16. The predicted molar refractivity (Wildman–Crippen MR) is 128 cm³/mol. The Bertz CT molecular complexity index is 1390. The minimum atomic E-state index is -3.86. The van der Waals surface area contributed by atoms with Gasteiger partial charge >= 0.3 is 0 Å². The van der Waals surface area contributed by atoms with Gasteiger partial charge in [-0.1, -0.05) is 29.3 Å². The lowest BCUT2D eigenvalue weighted by molar-refractivity contribution is 0.313. The van der Waals surface area contributed by atoms with E-state index in [1.54, 1.807) is 37.4 Å². The van der Waals surface area contributed by atoms with E-state index in [0.29, 0.717) is 40.3 Å². The zero-order valence-corrected chi connectivity index (χ0v) is 20.1. The second-order valence-electron chi connectivity index (χ2n) is 7.37. The normalized spacial score (nSPS) is 11.8. The zero-order chi connectivity index (χ0) is 23.0. The molecular weight excluding hydrogens is 471 g/mol. The number of hydrogen-bond acceptors (Lipinski definition) is 4. The van der Waals surface area contributed by atoms with Crippen molar-refractivity contribution in [3.05, 3.63) is 65.4 Å². The largest absolute Gasteiger partial charge is 0.493 e. The number of methoxy groups -OCH3 is 1. The van der Waals surface area contributed by atoms with Crippen LogP contribution in [0.5, 0.6) is 11.5 Å². The fourth-order valence-corrected chi connectivity index (χ4v) is 5.35. The van der Waals surface area contributed by atoms with Crippen molar-refractivity contribution >= 4 is 44.1 Å². The average Bonchev–Trinajstić information content (AvgIpc) is 3.32. The number of halogens is 2. The Balaban J connectivity index is 1.92. The third-order valence-electron chi connectivity index (χ3n) is 5.22. The fraction of sp³-hybridized carbons (Fsp3) is 0.217. The molecule has 0 amide bonds. The molecule has 0 saturated carbocycles. The molecule has 168 valence electrons. The SMILES string of the molecule is COc1cc2c(-c3cc(Cl)cn3S(=O)(=O)c3ccc(C)cc3)cn(C)c2cc1OCCCl. The molecule has 0 aliphatic rings. The Morgan fingerprint density at radius 2 is 1.75 bits per heavy atom. The molecule has 9 heteroatoms. The summed E-state index contributed by atoms with van der Waals surface area (Å²) in [7, 11) is -0.420. The van der Waals surface area contributed by atoms with E-state index in [0.717, 1.165) is 16.5 Å². The number of aromatic nitrogens is 2. The first-order chi connectivity index (χ1) is 15.3. The molecule has 4 aromatic rings. The molecule has 0 N–H and O–H groups in total. The summed E-state index contributed by atoms with van der Waals surface area (Å²) in [5, 5.41) is 1.12. The number of rotatable bonds is 7. The van der Waals surface area contributed by atoms with E-state index < -0.39 is 10.0 Å². The van der Waals surface area contributed by atoms with Gasteiger partial charge in [0.15, 0.2) is 11.5 Å². The smallest absolute Gasteiger partial charge is 0.268 e. The van der Waals surface area contributed by atoms with Gasteiger partial charge in [-0.3, -0.25) is 0 Å². The lowest BCUT2D eigenvalue weighted by Crippen LogP contribution is -2.13. The number of benzene rings is 2. The van der Waals surface area contributed by atoms with Gasteiger partial charge < -0.3 is 14.0 Å². The van der Waals surface area contributed by atoms with Gasteiger partial charge in [-0.05, 0) is 31.2 Å². The zero-order valence-electron chi connectivity index (χ0n) is 17.8. The summed E-state index contributed by atoms with van der Waals surface area (Å²) in [5.74, 6) is 1.44. The molecule has 0 bridgehead atoms. The van der Waals surface area contributed by atoms with Crippen molar-refractivity contribution in [3.63, 3.8) is 0 Å². The van der Waals surface area contributed by atoms with Gasteiger partial charge in [0.05, 0.1) is 34.1 Å². The first-order valence-electron chi connectivity index (χ1n) is 9.82. The van der Waals surface area contributed by atoms with Gasteiger partial charge in [-0.2, -0.15) is 0 Å². The van der Waals surface area contributed by atoms with E-state index in [2.05, 4.69) is 0 Å². The molecular formula is C23H22Cl2N2O4S. The summed E-state index contributed by atoms with van der Waals surface area (Å²) in [6, 6.07) is 12.0. The third kappa shape index (κ3) is 3.96.